The Morgan fingerprint density at radius 2 is 2.33 bits per heavy atom. The van der Waals surface area contributed by atoms with E-state index < -0.39 is 17.8 Å². The number of hydrogen-bond donors (Lipinski definition) is 2. The van der Waals surface area contributed by atoms with Crippen molar-refractivity contribution in [3.63, 3.8) is 0 Å². The molecule has 1 aromatic carbocycles. The highest BCUT2D eigenvalue weighted by Crippen LogP contribution is 2.25. The molecule has 0 spiro atoms. The molecule has 0 unspecified atom stereocenters. The van der Waals surface area contributed by atoms with E-state index in [0.29, 0.717) is 17.5 Å². The molecule has 2 aromatic rings. The maximum absolute atomic E-state index is 13.0. The minimum absolute atomic E-state index is 0.0991. The fourth-order valence-corrected chi connectivity index (χ4v) is 2.17. The number of nitrogens with zero attached hydrogens (tertiary/aromatic N) is 3. The zero-order valence-corrected chi connectivity index (χ0v) is 11.1. The fraction of sp³-hybridized carbons (Fsp3) is 0.231. The number of anilines is 2. The molecule has 2 heterocycles. The van der Waals surface area contributed by atoms with Gasteiger partial charge in [-0.1, -0.05) is 6.07 Å². The molecule has 21 heavy (non-hydrogen) atoms. The van der Waals surface area contributed by atoms with Gasteiger partial charge < -0.3 is 5.32 Å². The topological polar surface area (TPSA) is 88.9 Å². The summed E-state index contributed by atoms with van der Waals surface area (Å²) < 4.78 is 14.4. The van der Waals surface area contributed by atoms with E-state index in [9.17, 15) is 14.0 Å². The number of nitrogens with one attached hydrogen (secondary N) is 2. The number of hydrogen-bond acceptors (Lipinski definition) is 4. The Bertz CT molecular complexity index is 727. The van der Waals surface area contributed by atoms with Crippen molar-refractivity contribution in [2.75, 3.05) is 10.6 Å². The number of carbonyl (C=O) groups excluding carboxylic acids is 2. The molecule has 108 valence electrons. The molecular weight excluding hydrogens is 277 g/mol. The molecular formula is C13H12FN5O2. The Hall–Kier alpha value is -2.77. The molecule has 2 N–H and O–H groups in total. The van der Waals surface area contributed by atoms with Crippen molar-refractivity contribution in [2.24, 2.45) is 0 Å². The number of aryl methyl sites for hydroxylation is 1. The zero-order valence-electron chi connectivity index (χ0n) is 11.1. The Balaban J connectivity index is 1.71. The van der Waals surface area contributed by atoms with Gasteiger partial charge >= 0.3 is 0 Å². The van der Waals surface area contributed by atoms with Gasteiger partial charge in [0.1, 0.15) is 17.7 Å². The van der Waals surface area contributed by atoms with E-state index >= 15 is 0 Å². The first-order valence-electron chi connectivity index (χ1n) is 6.32. The maximum Gasteiger partial charge on any atom is 0.252 e. The summed E-state index contributed by atoms with van der Waals surface area (Å²) in [4.78, 5) is 27.8. The van der Waals surface area contributed by atoms with Gasteiger partial charge in [0.25, 0.3) is 5.91 Å². The van der Waals surface area contributed by atoms with Gasteiger partial charge in [-0.15, -0.1) is 0 Å². The summed E-state index contributed by atoms with van der Waals surface area (Å²) in [5.74, 6) is -0.330. The van der Waals surface area contributed by atoms with Gasteiger partial charge in [0.05, 0.1) is 6.42 Å². The standard InChI is InChI=1S/C13H12FN5O2/c1-7-15-13-17-12(21)10(19(13)18-7)6-11(20)16-9-4-2-3-8(14)5-9/h2-5,10H,6H2,1H3,(H,16,20)(H,15,17,18,21)/t10-/m1/s1. The number of halogens is 1. The highest BCUT2D eigenvalue weighted by Gasteiger charge is 2.34. The van der Waals surface area contributed by atoms with Gasteiger partial charge in [-0.2, -0.15) is 10.1 Å². The average molecular weight is 289 g/mol. The third-order valence-corrected chi connectivity index (χ3v) is 3.06. The van der Waals surface area contributed by atoms with E-state index in [-0.39, 0.29) is 12.3 Å². The zero-order chi connectivity index (χ0) is 15.0. The van der Waals surface area contributed by atoms with Crippen LogP contribution in [0.2, 0.25) is 0 Å². The lowest BCUT2D eigenvalue weighted by Crippen LogP contribution is -2.23. The molecule has 0 radical (unpaired) electrons. The van der Waals surface area contributed by atoms with Crippen molar-refractivity contribution in [1.82, 2.24) is 14.8 Å². The summed E-state index contributed by atoms with van der Waals surface area (Å²) in [7, 11) is 0. The highest BCUT2D eigenvalue weighted by atomic mass is 19.1. The van der Waals surface area contributed by atoms with E-state index in [4.69, 9.17) is 0 Å². The predicted octanol–water partition coefficient (Wildman–Crippen LogP) is 1.25. The minimum Gasteiger partial charge on any atom is -0.326 e. The Morgan fingerprint density at radius 1 is 1.52 bits per heavy atom. The quantitative estimate of drug-likeness (QED) is 0.890. The summed E-state index contributed by atoms with van der Waals surface area (Å²) in [5, 5.41) is 9.18. The molecule has 1 aliphatic heterocycles. The average Bonchev–Trinajstić information content (AvgIpc) is 2.87. The highest BCUT2D eigenvalue weighted by molar-refractivity contribution is 6.00. The third kappa shape index (κ3) is 2.60. The van der Waals surface area contributed by atoms with Crippen LogP contribution in [-0.4, -0.2) is 26.6 Å². The van der Waals surface area contributed by atoms with E-state index in [1.807, 2.05) is 0 Å². The number of carbonyl (C=O) groups is 2. The van der Waals surface area contributed by atoms with Crippen molar-refractivity contribution in [3.8, 4) is 0 Å². The molecule has 0 saturated carbocycles. The smallest absolute Gasteiger partial charge is 0.252 e. The minimum atomic E-state index is -0.741. The number of rotatable bonds is 3. The molecule has 0 fully saturated rings. The molecule has 0 saturated heterocycles. The normalized spacial score (nSPS) is 16.5. The van der Waals surface area contributed by atoms with Crippen molar-refractivity contribution in [3.05, 3.63) is 35.9 Å². The number of benzene rings is 1. The van der Waals surface area contributed by atoms with Crippen LogP contribution >= 0.6 is 0 Å². The summed E-state index contributed by atoms with van der Waals surface area (Å²) in [6, 6.07) is 4.81. The van der Waals surface area contributed by atoms with Crippen molar-refractivity contribution in [2.45, 2.75) is 19.4 Å². The van der Waals surface area contributed by atoms with Crippen LogP contribution < -0.4 is 10.6 Å². The van der Waals surface area contributed by atoms with Gasteiger partial charge in [0, 0.05) is 5.69 Å². The van der Waals surface area contributed by atoms with E-state index in [2.05, 4.69) is 20.7 Å². The van der Waals surface area contributed by atoms with Gasteiger partial charge in [0.2, 0.25) is 11.9 Å². The second-order valence-corrected chi connectivity index (χ2v) is 4.69. The Kier molecular flexibility index (Phi) is 3.13. The largest absolute Gasteiger partial charge is 0.326 e. The SMILES string of the molecule is Cc1nc2n(n1)[C@H](CC(=O)Nc1cccc(F)c1)C(=O)N2. The number of fused-ring (bicyclic) bond motifs is 1. The molecule has 2 amide bonds. The van der Waals surface area contributed by atoms with Crippen LogP contribution in [0.4, 0.5) is 16.0 Å². The van der Waals surface area contributed by atoms with E-state index in [0.717, 1.165) is 0 Å². The number of aromatic nitrogens is 3. The van der Waals surface area contributed by atoms with Gasteiger partial charge in [-0.25, -0.2) is 9.07 Å². The third-order valence-electron chi connectivity index (χ3n) is 3.06. The monoisotopic (exact) mass is 289 g/mol. The van der Waals surface area contributed by atoms with Crippen LogP contribution in [0.3, 0.4) is 0 Å². The molecule has 1 atom stereocenters. The van der Waals surface area contributed by atoms with Crippen molar-refractivity contribution in [1.29, 1.82) is 0 Å². The predicted molar refractivity (Wildman–Crippen MR) is 72.1 cm³/mol. The van der Waals surface area contributed by atoms with Crippen LogP contribution in [0.5, 0.6) is 0 Å². The second-order valence-electron chi connectivity index (χ2n) is 4.69. The maximum atomic E-state index is 13.0. The Morgan fingerprint density at radius 3 is 3.10 bits per heavy atom. The van der Waals surface area contributed by atoms with Crippen molar-refractivity contribution >= 4 is 23.5 Å². The van der Waals surface area contributed by atoms with E-state index in [1.54, 1.807) is 13.0 Å². The van der Waals surface area contributed by atoms with Crippen LogP contribution in [-0.2, 0) is 9.59 Å². The van der Waals surface area contributed by atoms with Gasteiger partial charge in [0.15, 0.2) is 0 Å². The van der Waals surface area contributed by atoms with Crippen LogP contribution in [0.1, 0.15) is 18.3 Å². The summed E-state index contributed by atoms with van der Waals surface area (Å²) >= 11 is 0. The first kappa shape index (κ1) is 13.2. The first-order valence-corrected chi connectivity index (χ1v) is 6.32. The van der Waals surface area contributed by atoms with Crippen LogP contribution in [0, 0.1) is 12.7 Å². The second kappa shape index (κ2) is 4.97. The van der Waals surface area contributed by atoms with Crippen molar-refractivity contribution < 1.29 is 14.0 Å². The molecule has 7 nitrogen and oxygen atoms in total. The molecule has 8 heteroatoms. The van der Waals surface area contributed by atoms with Gasteiger partial charge in [-0.3, -0.25) is 14.9 Å². The molecule has 1 aromatic heterocycles. The summed E-state index contributed by atoms with van der Waals surface area (Å²) in [5.41, 5.74) is 0.341. The molecule has 1 aliphatic rings. The first-order chi connectivity index (χ1) is 10.0. The lowest BCUT2D eigenvalue weighted by molar-refractivity contribution is -0.123. The lowest BCUT2D eigenvalue weighted by Gasteiger charge is -2.09. The Labute approximate surface area is 119 Å². The summed E-state index contributed by atoms with van der Waals surface area (Å²) in [6.07, 6.45) is -0.0991. The van der Waals surface area contributed by atoms with Gasteiger partial charge in [-0.05, 0) is 25.1 Å². The lowest BCUT2D eigenvalue weighted by atomic mass is 10.2. The number of amides is 2. The van der Waals surface area contributed by atoms with Crippen LogP contribution in [0.25, 0.3) is 0 Å². The summed E-state index contributed by atoms with van der Waals surface area (Å²) in [6.45, 7) is 1.70. The van der Waals surface area contributed by atoms with E-state index in [1.165, 1.54) is 22.9 Å². The fourth-order valence-electron chi connectivity index (χ4n) is 2.17. The molecule has 0 bridgehead atoms. The molecule has 3 rings (SSSR count). The van der Waals surface area contributed by atoms with Crippen LogP contribution in [0.15, 0.2) is 24.3 Å². The molecule has 0 aliphatic carbocycles.